The van der Waals surface area contributed by atoms with Crippen molar-refractivity contribution in [2.45, 2.75) is 13.3 Å². The van der Waals surface area contributed by atoms with Crippen LogP contribution < -0.4 is 4.90 Å². The lowest BCUT2D eigenvalue weighted by Crippen LogP contribution is -2.32. The molecule has 1 aliphatic heterocycles. The van der Waals surface area contributed by atoms with Crippen molar-refractivity contribution in [2.75, 3.05) is 44.2 Å². The number of hydrogen-bond acceptors (Lipinski definition) is 5. The lowest BCUT2D eigenvalue weighted by molar-refractivity contribution is 0.204. The van der Waals surface area contributed by atoms with Crippen LogP contribution >= 0.6 is 0 Å². The van der Waals surface area contributed by atoms with Crippen LogP contribution in [0, 0.1) is 6.92 Å². The highest BCUT2D eigenvalue weighted by atomic mass is 16.3. The van der Waals surface area contributed by atoms with Gasteiger partial charge >= 0.3 is 0 Å². The predicted octanol–water partition coefficient (Wildman–Crippen LogP) is 0.542. The number of β-amino-alcohol motifs (C(OH)–C–C–N with tert-alkyl or cyclic N) is 1. The van der Waals surface area contributed by atoms with Gasteiger partial charge < -0.3 is 10.0 Å². The molecule has 1 fully saturated rings. The minimum absolute atomic E-state index is 0.232. The van der Waals surface area contributed by atoms with Gasteiger partial charge in [0.05, 0.1) is 12.3 Å². The average Bonchev–Trinajstić information content (AvgIpc) is 2.67. The van der Waals surface area contributed by atoms with E-state index in [0.717, 1.165) is 56.2 Å². The summed E-state index contributed by atoms with van der Waals surface area (Å²) in [5.41, 5.74) is 2.08. The van der Waals surface area contributed by atoms with E-state index in [4.69, 9.17) is 5.11 Å². The molecule has 0 amide bonds. The molecule has 0 saturated carbocycles. The number of anilines is 1. The fourth-order valence-corrected chi connectivity index (χ4v) is 2.82. The van der Waals surface area contributed by atoms with E-state index in [-0.39, 0.29) is 6.61 Å². The molecule has 0 aromatic carbocycles. The molecule has 0 radical (unpaired) electrons. The largest absolute Gasteiger partial charge is 0.395 e. The first-order chi connectivity index (χ1) is 9.78. The number of aliphatic hydroxyl groups excluding tert-OH is 1. The maximum atomic E-state index is 9.06. The Labute approximate surface area is 118 Å². The van der Waals surface area contributed by atoms with Crippen molar-refractivity contribution in [3.05, 3.63) is 24.2 Å². The first kappa shape index (κ1) is 13.3. The average molecular weight is 275 g/mol. The molecule has 0 spiro atoms. The van der Waals surface area contributed by atoms with Crippen LogP contribution in [0.3, 0.4) is 0 Å². The second-order valence-corrected chi connectivity index (χ2v) is 5.27. The predicted molar refractivity (Wildman–Crippen MR) is 78.1 cm³/mol. The quantitative estimate of drug-likeness (QED) is 0.886. The maximum Gasteiger partial charge on any atom is 0.154 e. The lowest BCUT2D eigenvalue weighted by Gasteiger charge is -2.22. The molecule has 2 aromatic heterocycles. The molecule has 1 N–H and O–H groups in total. The summed E-state index contributed by atoms with van der Waals surface area (Å²) in [5.74, 6) is 1.01. The first-order valence-corrected chi connectivity index (χ1v) is 7.17. The van der Waals surface area contributed by atoms with E-state index in [2.05, 4.69) is 25.9 Å². The molecule has 3 heterocycles. The third kappa shape index (κ3) is 2.62. The van der Waals surface area contributed by atoms with E-state index in [0.29, 0.717) is 0 Å². The van der Waals surface area contributed by atoms with E-state index in [9.17, 15) is 0 Å². The van der Waals surface area contributed by atoms with Crippen LogP contribution in [-0.2, 0) is 0 Å². The van der Waals surface area contributed by atoms with Gasteiger partial charge in [0.15, 0.2) is 5.82 Å². The minimum Gasteiger partial charge on any atom is -0.395 e. The zero-order chi connectivity index (χ0) is 13.9. The Balaban J connectivity index is 1.84. The number of aromatic nitrogens is 3. The van der Waals surface area contributed by atoms with Gasteiger partial charge in [0.25, 0.3) is 0 Å². The number of aryl methyl sites for hydroxylation is 1. The van der Waals surface area contributed by atoms with Gasteiger partial charge in [0.1, 0.15) is 5.52 Å². The molecule has 1 aliphatic rings. The summed E-state index contributed by atoms with van der Waals surface area (Å²) in [6.45, 7) is 6.94. The maximum absolute atomic E-state index is 9.06. The molecular weight excluding hydrogens is 254 g/mol. The van der Waals surface area contributed by atoms with Crippen molar-refractivity contribution >= 4 is 11.3 Å². The highest BCUT2D eigenvalue weighted by molar-refractivity contribution is 5.69. The number of rotatable bonds is 3. The highest BCUT2D eigenvalue weighted by Crippen LogP contribution is 2.20. The standard InChI is InChI=1S/C14H21N5O/c1-12-11-13-14(15-3-6-19(13)16-12)18-5-2-4-17(7-8-18)9-10-20/h3,6,11,20H,2,4-5,7-10H2,1H3. The second-order valence-electron chi connectivity index (χ2n) is 5.27. The molecule has 0 bridgehead atoms. The molecule has 6 nitrogen and oxygen atoms in total. The molecule has 2 aromatic rings. The Hall–Kier alpha value is -1.66. The molecule has 0 atom stereocenters. The fourth-order valence-electron chi connectivity index (χ4n) is 2.82. The van der Waals surface area contributed by atoms with Crippen molar-refractivity contribution in [3.63, 3.8) is 0 Å². The van der Waals surface area contributed by atoms with E-state index >= 15 is 0 Å². The van der Waals surface area contributed by atoms with Gasteiger partial charge in [-0.1, -0.05) is 0 Å². The number of nitrogens with zero attached hydrogens (tertiary/aromatic N) is 5. The summed E-state index contributed by atoms with van der Waals surface area (Å²) in [4.78, 5) is 9.19. The van der Waals surface area contributed by atoms with Crippen LogP contribution in [0.15, 0.2) is 18.5 Å². The summed E-state index contributed by atoms with van der Waals surface area (Å²) in [7, 11) is 0. The molecule has 1 saturated heterocycles. The molecule has 108 valence electrons. The van der Waals surface area contributed by atoms with Gasteiger partial charge in [-0.05, 0) is 26.0 Å². The third-order valence-corrected chi connectivity index (χ3v) is 3.80. The summed E-state index contributed by atoms with van der Waals surface area (Å²) < 4.78 is 1.90. The topological polar surface area (TPSA) is 56.9 Å². The number of fused-ring (bicyclic) bond motifs is 1. The second kappa shape index (κ2) is 5.76. The van der Waals surface area contributed by atoms with Gasteiger partial charge in [-0.25, -0.2) is 9.50 Å². The van der Waals surface area contributed by atoms with Crippen LogP contribution in [0.1, 0.15) is 12.1 Å². The van der Waals surface area contributed by atoms with E-state index < -0.39 is 0 Å². The summed E-state index contributed by atoms with van der Waals surface area (Å²) in [6, 6.07) is 2.08. The zero-order valence-corrected chi connectivity index (χ0v) is 11.9. The van der Waals surface area contributed by atoms with Gasteiger partial charge in [-0.15, -0.1) is 0 Å². The normalized spacial score (nSPS) is 17.6. The summed E-state index contributed by atoms with van der Waals surface area (Å²) in [6.07, 6.45) is 4.79. The third-order valence-electron chi connectivity index (χ3n) is 3.80. The monoisotopic (exact) mass is 275 g/mol. The van der Waals surface area contributed by atoms with Crippen molar-refractivity contribution < 1.29 is 5.11 Å². The molecule has 3 rings (SSSR count). The molecule has 0 unspecified atom stereocenters. The van der Waals surface area contributed by atoms with Crippen molar-refractivity contribution in [1.82, 2.24) is 19.5 Å². The van der Waals surface area contributed by atoms with Crippen LogP contribution in [-0.4, -0.2) is 63.9 Å². The van der Waals surface area contributed by atoms with Crippen LogP contribution in [0.2, 0.25) is 0 Å². The van der Waals surface area contributed by atoms with E-state index in [1.165, 1.54) is 0 Å². The van der Waals surface area contributed by atoms with Gasteiger partial charge in [0.2, 0.25) is 0 Å². The highest BCUT2D eigenvalue weighted by Gasteiger charge is 2.18. The Morgan fingerprint density at radius 1 is 1.25 bits per heavy atom. The Kier molecular flexibility index (Phi) is 3.84. The molecule has 20 heavy (non-hydrogen) atoms. The van der Waals surface area contributed by atoms with Crippen LogP contribution in [0.4, 0.5) is 5.82 Å². The minimum atomic E-state index is 0.232. The van der Waals surface area contributed by atoms with Gasteiger partial charge in [0, 0.05) is 38.6 Å². The number of aliphatic hydroxyl groups is 1. The summed E-state index contributed by atoms with van der Waals surface area (Å²) >= 11 is 0. The Morgan fingerprint density at radius 3 is 3.00 bits per heavy atom. The van der Waals surface area contributed by atoms with Crippen LogP contribution in [0.5, 0.6) is 0 Å². The van der Waals surface area contributed by atoms with Crippen LogP contribution in [0.25, 0.3) is 5.52 Å². The van der Waals surface area contributed by atoms with Gasteiger partial charge in [-0.2, -0.15) is 5.10 Å². The van der Waals surface area contributed by atoms with E-state index in [1.54, 1.807) is 0 Å². The summed E-state index contributed by atoms with van der Waals surface area (Å²) in [5, 5.41) is 13.5. The Bertz CT molecular complexity index is 582. The SMILES string of the molecule is Cc1cc2c(N3CCCN(CCO)CC3)nccn2n1. The van der Waals surface area contributed by atoms with Crippen molar-refractivity contribution in [2.24, 2.45) is 0 Å². The first-order valence-electron chi connectivity index (χ1n) is 7.17. The molecule has 6 heteroatoms. The van der Waals surface area contributed by atoms with Crippen molar-refractivity contribution in [3.8, 4) is 0 Å². The lowest BCUT2D eigenvalue weighted by atomic mass is 10.3. The number of hydrogen-bond donors (Lipinski definition) is 1. The molecule has 0 aliphatic carbocycles. The molecular formula is C14H21N5O. The van der Waals surface area contributed by atoms with Gasteiger partial charge in [-0.3, -0.25) is 4.90 Å². The van der Waals surface area contributed by atoms with Crippen molar-refractivity contribution in [1.29, 1.82) is 0 Å². The smallest absolute Gasteiger partial charge is 0.154 e. The Morgan fingerprint density at radius 2 is 2.15 bits per heavy atom. The zero-order valence-electron chi connectivity index (χ0n) is 11.9. The van der Waals surface area contributed by atoms with E-state index in [1.807, 2.05) is 23.8 Å². The fraction of sp³-hybridized carbons (Fsp3) is 0.571.